The molecule has 1 fully saturated rings. The van der Waals surface area contributed by atoms with Crippen LogP contribution in [-0.4, -0.2) is 77.7 Å². The number of phenols is 1. The van der Waals surface area contributed by atoms with Gasteiger partial charge in [0.1, 0.15) is 28.4 Å². The molecule has 0 spiro atoms. The summed E-state index contributed by atoms with van der Waals surface area (Å²) in [6.45, 7) is 1.56. The number of benzene rings is 1. The number of carboxylic acids is 1. The lowest BCUT2D eigenvalue weighted by Crippen LogP contribution is -2.56. The molecule has 0 aromatic heterocycles. The van der Waals surface area contributed by atoms with E-state index in [0.717, 1.165) is 12.8 Å². The van der Waals surface area contributed by atoms with Crippen molar-refractivity contribution in [3.8, 4) is 11.5 Å². The zero-order valence-electron chi connectivity index (χ0n) is 19.1. The smallest absolute Gasteiger partial charge is 0.342 e. The van der Waals surface area contributed by atoms with Gasteiger partial charge in [-0.05, 0) is 31.4 Å². The topological polar surface area (TPSA) is 202 Å². The van der Waals surface area contributed by atoms with E-state index >= 15 is 0 Å². The molecule has 3 rings (SSSR count). The second kappa shape index (κ2) is 9.68. The fraction of sp³-hybridized carbons (Fsp3) is 0.458. The molecule has 11 nitrogen and oxygen atoms in total. The number of unbranched alkanes of at least 4 members (excludes halogenated alkanes) is 1. The summed E-state index contributed by atoms with van der Waals surface area (Å²) in [4.78, 5) is 37.1. The van der Waals surface area contributed by atoms with Crippen LogP contribution in [-0.2, 0) is 20.8 Å². The van der Waals surface area contributed by atoms with E-state index in [9.17, 15) is 45.0 Å². The molecule has 11 heteroatoms. The molecule has 0 aliphatic heterocycles. The van der Waals surface area contributed by atoms with Crippen LogP contribution in [0.4, 0.5) is 0 Å². The molecule has 190 valence electrons. The van der Waals surface area contributed by atoms with Crippen LogP contribution in [0.25, 0.3) is 5.76 Å². The highest BCUT2D eigenvalue weighted by Gasteiger charge is 2.58. The van der Waals surface area contributed by atoms with Crippen molar-refractivity contribution >= 4 is 23.3 Å². The van der Waals surface area contributed by atoms with E-state index in [1.807, 2.05) is 6.92 Å². The molecule has 0 saturated heterocycles. The molecule has 1 aromatic carbocycles. The predicted molar refractivity (Wildman–Crippen MR) is 120 cm³/mol. The highest BCUT2D eigenvalue weighted by Crippen LogP contribution is 2.51. The first-order chi connectivity index (χ1) is 16.4. The van der Waals surface area contributed by atoms with Gasteiger partial charge in [-0.2, -0.15) is 0 Å². The maximum absolute atomic E-state index is 13.4. The van der Waals surface area contributed by atoms with Crippen LogP contribution in [0.15, 0.2) is 29.0 Å². The number of fused-ring (bicyclic) bond motifs is 2. The molecule has 0 heterocycles. The number of rotatable bonds is 9. The Labute approximate surface area is 200 Å². The number of phenolic OH excluding ortho intramolecular Hbond substituents is 1. The monoisotopic (exact) mass is 492 g/mol. The molecular weight excluding hydrogens is 464 g/mol. The highest BCUT2D eigenvalue weighted by molar-refractivity contribution is 6.19. The Hall–Kier alpha value is -3.41. The Kier molecular flexibility index (Phi) is 7.25. The number of hydrogen-bond donors (Lipinski definition) is 7. The SMILES string of the molecule is CCCCOc1ccc(O)c2c1C[C@]1(O)CC[C@](O)(C(O)=C(C(=O)O)C(=O)CCO)C(=O)C1=C2O. The molecule has 2 atom stereocenters. The van der Waals surface area contributed by atoms with Gasteiger partial charge in [0.2, 0.25) is 5.78 Å². The lowest BCUT2D eigenvalue weighted by Gasteiger charge is -2.44. The van der Waals surface area contributed by atoms with Crippen LogP contribution >= 0.6 is 0 Å². The first-order valence-corrected chi connectivity index (χ1v) is 11.1. The lowest BCUT2D eigenvalue weighted by molar-refractivity contribution is -0.142. The molecule has 1 aromatic rings. The zero-order valence-corrected chi connectivity index (χ0v) is 19.1. The summed E-state index contributed by atoms with van der Waals surface area (Å²) in [5, 5.41) is 72.7. The second-order valence-electron chi connectivity index (χ2n) is 8.69. The van der Waals surface area contributed by atoms with Crippen molar-refractivity contribution in [1.82, 2.24) is 0 Å². The molecule has 0 radical (unpaired) electrons. The zero-order chi connectivity index (χ0) is 26.1. The van der Waals surface area contributed by atoms with Crippen molar-refractivity contribution in [2.45, 2.75) is 56.7 Å². The van der Waals surface area contributed by atoms with Gasteiger partial charge in [0.05, 0.1) is 24.4 Å². The number of carbonyl (C=O) groups is 3. The van der Waals surface area contributed by atoms with E-state index in [2.05, 4.69) is 0 Å². The van der Waals surface area contributed by atoms with E-state index in [4.69, 9.17) is 9.84 Å². The Bertz CT molecular complexity index is 1130. The van der Waals surface area contributed by atoms with Gasteiger partial charge < -0.3 is 40.5 Å². The summed E-state index contributed by atoms with van der Waals surface area (Å²) in [5.41, 5.74) is -6.95. The molecule has 2 aliphatic carbocycles. The largest absolute Gasteiger partial charge is 0.508 e. The van der Waals surface area contributed by atoms with E-state index in [-0.39, 0.29) is 23.3 Å². The molecule has 35 heavy (non-hydrogen) atoms. The third-order valence-corrected chi connectivity index (χ3v) is 6.37. The van der Waals surface area contributed by atoms with E-state index < -0.39 is 83.0 Å². The Morgan fingerprint density at radius 2 is 1.80 bits per heavy atom. The number of ketones is 2. The van der Waals surface area contributed by atoms with Crippen LogP contribution in [0, 0.1) is 0 Å². The van der Waals surface area contributed by atoms with E-state index in [1.54, 1.807) is 0 Å². The number of hydrogen-bond acceptors (Lipinski definition) is 10. The fourth-order valence-electron chi connectivity index (χ4n) is 4.50. The molecule has 0 bridgehead atoms. The van der Waals surface area contributed by atoms with Gasteiger partial charge >= 0.3 is 5.97 Å². The van der Waals surface area contributed by atoms with Crippen molar-refractivity contribution in [2.75, 3.05) is 13.2 Å². The average Bonchev–Trinajstić information content (AvgIpc) is 2.78. The second-order valence-corrected chi connectivity index (χ2v) is 8.69. The van der Waals surface area contributed by atoms with Crippen molar-refractivity contribution in [3.05, 3.63) is 40.2 Å². The van der Waals surface area contributed by atoms with Gasteiger partial charge in [0, 0.05) is 18.4 Å². The fourth-order valence-corrected chi connectivity index (χ4v) is 4.50. The Morgan fingerprint density at radius 1 is 1.11 bits per heavy atom. The van der Waals surface area contributed by atoms with Crippen LogP contribution in [0.3, 0.4) is 0 Å². The minimum atomic E-state index is -2.95. The molecule has 0 amide bonds. The van der Waals surface area contributed by atoms with Gasteiger partial charge in [0.25, 0.3) is 0 Å². The number of Topliss-reactive ketones (excluding diaryl/α,β-unsaturated/α-hetero) is 2. The van der Waals surface area contributed by atoms with Crippen LogP contribution < -0.4 is 4.74 Å². The lowest BCUT2D eigenvalue weighted by atomic mass is 9.64. The third-order valence-electron chi connectivity index (χ3n) is 6.37. The summed E-state index contributed by atoms with van der Waals surface area (Å²) in [6.07, 6.45) is -0.472. The van der Waals surface area contributed by atoms with Crippen LogP contribution in [0.2, 0.25) is 0 Å². The molecular formula is C24H28O11. The van der Waals surface area contributed by atoms with Gasteiger partial charge in [0.15, 0.2) is 17.1 Å². The molecule has 1 saturated carbocycles. The van der Waals surface area contributed by atoms with Crippen LogP contribution in [0.1, 0.15) is 50.2 Å². The number of aromatic hydroxyl groups is 1. The van der Waals surface area contributed by atoms with E-state index in [1.165, 1.54) is 12.1 Å². The minimum Gasteiger partial charge on any atom is -0.508 e. The van der Waals surface area contributed by atoms with Crippen molar-refractivity contribution in [3.63, 3.8) is 0 Å². The van der Waals surface area contributed by atoms with Gasteiger partial charge in [-0.1, -0.05) is 13.3 Å². The first kappa shape index (κ1) is 26.2. The van der Waals surface area contributed by atoms with Crippen molar-refractivity contribution in [1.29, 1.82) is 0 Å². The molecule has 2 aliphatic rings. The Balaban J connectivity index is 2.17. The first-order valence-electron chi connectivity index (χ1n) is 11.1. The maximum atomic E-state index is 13.4. The number of carbonyl (C=O) groups excluding carboxylic acids is 2. The molecule has 0 unspecified atom stereocenters. The number of ether oxygens (including phenoxy) is 1. The highest BCUT2D eigenvalue weighted by atomic mass is 16.5. The van der Waals surface area contributed by atoms with Crippen molar-refractivity contribution in [2.24, 2.45) is 0 Å². The third kappa shape index (κ3) is 4.38. The number of aliphatic hydroxyl groups excluding tert-OH is 3. The quantitative estimate of drug-likeness (QED) is 0.0854. The minimum absolute atomic E-state index is 0.199. The standard InChI is InChI=1S/C24H28O11/c1-2-3-10-35-15-5-4-13(26)16-12(15)11-23(33)7-8-24(34,21(30)18(23)19(16)28)20(29)17(22(31)32)14(27)6-9-25/h4-5,25-26,28-29,33-34H,2-3,6-11H2,1H3,(H,31,32)/t23-,24+/m1/s1. The number of aliphatic carboxylic acids is 1. The van der Waals surface area contributed by atoms with Gasteiger partial charge in [-0.25, -0.2) is 4.79 Å². The van der Waals surface area contributed by atoms with E-state index in [0.29, 0.717) is 6.61 Å². The number of carboxylic acid groups (broad SMARTS) is 1. The van der Waals surface area contributed by atoms with Gasteiger partial charge in [-0.3, -0.25) is 9.59 Å². The number of aliphatic hydroxyl groups is 5. The summed E-state index contributed by atoms with van der Waals surface area (Å²) in [6, 6.07) is 2.70. The molecule has 7 N–H and O–H groups in total. The summed E-state index contributed by atoms with van der Waals surface area (Å²) in [5.74, 6) is -7.03. The summed E-state index contributed by atoms with van der Waals surface area (Å²) in [7, 11) is 0. The maximum Gasteiger partial charge on any atom is 0.342 e. The van der Waals surface area contributed by atoms with Crippen LogP contribution in [0.5, 0.6) is 11.5 Å². The summed E-state index contributed by atoms with van der Waals surface area (Å²) < 4.78 is 5.73. The Morgan fingerprint density at radius 3 is 2.40 bits per heavy atom. The average molecular weight is 492 g/mol. The van der Waals surface area contributed by atoms with Crippen molar-refractivity contribution < 1.29 is 54.9 Å². The normalized spacial score (nSPS) is 24.4. The summed E-state index contributed by atoms with van der Waals surface area (Å²) >= 11 is 0. The predicted octanol–water partition coefficient (Wildman–Crippen LogP) is 1.07. The van der Waals surface area contributed by atoms with Gasteiger partial charge in [-0.15, -0.1) is 0 Å².